The lowest BCUT2D eigenvalue weighted by molar-refractivity contribution is 0.0825. The molecule has 118 valence electrons. The van der Waals surface area contributed by atoms with Gasteiger partial charge in [-0.15, -0.1) is 0 Å². The zero-order valence-corrected chi connectivity index (χ0v) is 13.5. The molecular formula is C16H32N2O2. The number of hydrogen-bond donors (Lipinski definition) is 1. The maximum absolute atomic E-state index is 5.73. The maximum atomic E-state index is 5.73. The molecule has 1 aliphatic heterocycles. The van der Waals surface area contributed by atoms with Gasteiger partial charge in [-0.1, -0.05) is 13.8 Å². The van der Waals surface area contributed by atoms with Crippen molar-refractivity contribution in [2.75, 3.05) is 53.1 Å². The second-order valence-corrected chi connectivity index (χ2v) is 7.02. The minimum atomic E-state index is 0.311. The summed E-state index contributed by atoms with van der Waals surface area (Å²) >= 11 is 0. The molecule has 0 spiro atoms. The second-order valence-electron chi connectivity index (χ2n) is 7.02. The molecule has 2 fully saturated rings. The van der Waals surface area contributed by atoms with E-state index in [9.17, 15) is 0 Å². The molecule has 0 aromatic heterocycles. The van der Waals surface area contributed by atoms with Crippen LogP contribution in [0.2, 0.25) is 0 Å². The Hall–Kier alpha value is -0.160. The number of nitrogens with zero attached hydrogens (tertiary/aromatic N) is 1. The summed E-state index contributed by atoms with van der Waals surface area (Å²) in [5.41, 5.74) is 0.311. The van der Waals surface area contributed by atoms with Crippen molar-refractivity contribution in [3.63, 3.8) is 0 Å². The van der Waals surface area contributed by atoms with Gasteiger partial charge < -0.3 is 14.8 Å². The number of nitrogens with one attached hydrogen (secondary N) is 1. The summed E-state index contributed by atoms with van der Waals surface area (Å²) in [5.74, 6) is 0.711. The van der Waals surface area contributed by atoms with Gasteiger partial charge in [0.1, 0.15) is 0 Å². The monoisotopic (exact) mass is 284 g/mol. The van der Waals surface area contributed by atoms with Crippen molar-refractivity contribution in [3.8, 4) is 0 Å². The van der Waals surface area contributed by atoms with Gasteiger partial charge in [0.25, 0.3) is 0 Å². The van der Waals surface area contributed by atoms with Crippen molar-refractivity contribution in [2.45, 2.75) is 39.2 Å². The molecule has 1 atom stereocenters. The van der Waals surface area contributed by atoms with Crippen LogP contribution in [0.4, 0.5) is 0 Å². The molecule has 1 unspecified atom stereocenters. The molecule has 1 saturated heterocycles. The van der Waals surface area contributed by atoms with Crippen molar-refractivity contribution in [1.82, 2.24) is 10.2 Å². The Morgan fingerprint density at radius 3 is 2.75 bits per heavy atom. The maximum Gasteiger partial charge on any atom is 0.0589 e. The van der Waals surface area contributed by atoms with Crippen molar-refractivity contribution in [3.05, 3.63) is 0 Å². The van der Waals surface area contributed by atoms with Crippen LogP contribution in [0.15, 0.2) is 0 Å². The zero-order chi connectivity index (χ0) is 14.4. The van der Waals surface area contributed by atoms with E-state index in [1.807, 2.05) is 0 Å². The molecule has 4 heteroatoms. The number of rotatable bonds is 10. The highest BCUT2D eigenvalue weighted by molar-refractivity contribution is 4.93. The Morgan fingerprint density at radius 2 is 2.20 bits per heavy atom. The fourth-order valence-electron chi connectivity index (χ4n) is 3.07. The first-order valence-corrected chi connectivity index (χ1v) is 8.17. The molecule has 4 nitrogen and oxygen atoms in total. The van der Waals surface area contributed by atoms with Crippen LogP contribution < -0.4 is 5.32 Å². The third-order valence-corrected chi connectivity index (χ3v) is 4.42. The average molecular weight is 284 g/mol. The van der Waals surface area contributed by atoms with Crippen LogP contribution in [-0.2, 0) is 9.47 Å². The van der Waals surface area contributed by atoms with Crippen molar-refractivity contribution < 1.29 is 9.47 Å². The number of ether oxygens (including phenoxy) is 2. The molecule has 2 aliphatic rings. The Balaban J connectivity index is 1.85. The Kier molecular flexibility index (Phi) is 6.27. The Labute approximate surface area is 124 Å². The molecule has 0 bridgehead atoms. The van der Waals surface area contributed by atoms with Gasteiger partial charge >= 0.3 is 0 Å². The van der Waals surface area contributed by atoms with E-state index in [-0.39, 0.29) is 0 Å². The normalized spacial score (nSPS) is 26.9. The summed E-state index contributed by atoms with van der Waals surface area (Å²) in [7, 11) is 1.80. The van der Waals surface area contributed by atoms with E-state index in [0.29, 0.717) is 11.3 Å². The molecule has 20 heavy (non-hydrogen) atoms. The van der Waals surface area contributed by atoms with Crippen LogP contribution in [0.3, 0.4) is 0 Å². The fraction of sp³-hybridized carbons (Fsp3) is 1.00. The standard InChI is InChI=1S/C16H32N2O2/c1-14(2)10-17-11-16(6-8-20-13-16)12-18(7-9-19-3)15-4-5-15/h14-15,17H,4-13H2,1-3H3. The van der Waals surface area contributed by atoms with Gasteiger partial charge in [-0.2, -0.15) is 0 Å². The minimum absolute atomic E-state index is 0.311. The summed E-state index contributed by atoms with van der Waals surface area (Å²) in [4.78, 5) is 2.63. The van der Waals surface area contributed by atoms with Gasteiger partial charge in [-0.3, -0.25) is 4.90 Å². The summed E-state index contributed by atoms with van der Waals surface area (Å²) < 4.78 is 11.0. The van der Waals surface area contributed by atoms with Crippen molar-refractivity contribution in [1.29, 1.82) is 0 Å². The summed E-state index contributed by atoms with van der Waals surface area (Å²) in [6.07, 6.45) is 3.91. The van der Waals surface area contributed by atoms with Gasteiger partial charge in [-0.05, 0) is 31.7 Å². The highest BCUT2D eigenvalue weighted by Gasteiger charge is 2.40. The highest BCUT2D eigenvalue weighted by Crippen LogP contribution is 2.34. The topological polar surface area (TPSA) is 33.7 Å². The van der Waals surface area contributed by atoms with E-state index in [1.165, 1.54) is 19.3 Å². The third-order valence-electron chi connectivity index (χ3n) is 4.42. The molecule has 1 heterocycles. The van der Waals surface area contributed by atoms with Gasteiger partial charge in [0.05, 0.1) is 13.2 Å². The largest absolute Gasteiger partial charge is 0.383 e. The first kappa shape index (κ1) is 16.2. The summed E-state index contributed by atoms with van der Waals surface area (Å²) in [6, 6.07) is 0.799. The van der Waals surface area contributed by atoms with E-state index in [1.54, 1.807) is 7.11 Å². The number of hydrogen-bond acceptors (Lipinski definition) is 4. The van der Waals surface area contributed by atoms with Crippen LogP contribution in [0.5, 0.6) is 0 Å². The van der Waals surface area contributed by atoms with E-state index in [0.717, 1.165) is 52.0 Å². The summed E-state index contributed by atoms with van der Waals surface area (Å²) in [5, 5.41) is 3.65. The quantitative estimate of drug-likeness (QED) is 0.663. The van der Waals surface area contributed by atoms with Gasteiger partial charge in [0.15, 0.2) is 0 Å². The predicted octanol–water partition coefficient (Wildman–Crippen LogP) is 1.75. The van der Waals surface area contributed by atoms with Gasteiger partial charge in [0, 0.05) is 44.8 Å². The minimum Gasteiger partial charge on any atom is -0.383 e. The second kappa shape index (κ2) is 7.74. The van der Waals surface area contributed by atoms with E-state index in [2.05, 4.69) is 24.1 Å². The molecule has 1 aliphatic carbocycles. The number of methoxy groups -OCH3 is 1. The molecular weight excluding hydrogens is 252 g/mol. The van der Waals surface area contributed by atoms with E-state index >= 15 is 0 Å². The van der Waals surface area contributed by atoms with Crippen LogP contribution >= 0.6 is 0 Å². The lowest BCUT2D eigenvalue weighted by Crippen LogP contribution is -2.47. The van der Waals surface area contributed by atoms with E-state index < -0.39 is 0 Å². The SMILES string of the molecule is COCCN(CC1(CNCC(C)C)CCOC1)C1CC1. The van der Waals surface area contributed by atoms with Crippen LogP contribution in [0.1, 0.15) is 33.1 Å². The van der Waals surface area contributed by atoms with Crippen molar-refractivity contribution >= 4 is 0 Å². The molecule has 1 N–H and O–H groups in total. The fourth-order valence-corrected chi connectivity index (χ4v) is 3.07. The summed E-state index contributed by atoms with van der Waals surface area (Å²) in [6.45, 7) is 11.6. The third kappa shape index (κ3) is 4.99. The van der Waals surface area contributed by atoms with Crippen molar-refractivity contribution in [2.24, 2.45) is 11.3 Å². The predicted molar refractivity (Wildman–Crippen MR) is 82.0 cm³/mol. The van der Waals surface area contributed by atoms with Gasteiger partial charge in [-0.25, -0.2) is 0 Å². The highest BCUT2D eigenvalue weighted by atomic mass is 16.5. The lowest BCUT2D eigenvalue weighted by atomic mass is 9.86. The molecule has 0 amide bonds. The molecule has 0 radical (unpaired) electrons. The molecule has 0 aromatic carbocycles. The smallest absolute Gasteiger partial charge is 0.0589 e. The van der Waals surface area contributed by atoms with Gasteiger partial charge in [0.2, 0.25) is 0 Å². The first-order valence-electron chi connectivity index (χ1n) is 8.17. The molecule has 2 rings (SSSR count). The van der Waals surface area contributed by atoms with Crippen LogP contribution in [0, 0.1) is 11.3 Å². The van der Waals surface area contributed by atoms with Crippen LogP contribution in [-0.4, -0.2) is 64.1 Å². The Bertz CT molecular complexity index is 274. The molecule has 0 aromatic rings. The average Bonchev–Trinajstić information content (AvgIpc) is 3.16. The first-order chi connectivity index (χ1) is 9.65. The lowest BCUT2D eigenvalue weighted by Gasteiger charge is -2.35. The van der Waals surface area contributed by atoms with E-state index in [4.69, 9.17) is 9.47 Å². The zero-order valence-electron chi connectivity index (χ0n) is 13.5. The Morgan fingerprint density at radius 1 is 1.40 bits per heavy atom. The van der Waals surface area contributed by atoms with Crippen LogP contribution in [0.25, 0.3) is 0 Å². The molecule has 1 saturated carbocycles.